The summed E-state index contributed by atoms with van der Waals surface area (Å²) < 4.78 is 38.2. The van der Waals surface area contributed by atoms with Crippen molar-refractivity contribution in [1.29, 1.82) is 0 Å². The van der Waals surface area contributed by atoms with Crippen molar-refractivity contribution in [3.8, 4) is 0 Å². The third kappa shape index (κ3) is 4.46. The van der Waals surface area contributed by atoms with E-state index in [9.17, 15) is 18.0 Å². The first kappa shape index (κ1) is 24.0. The van der Waals surface area contributed by atoms with Gasteiger partial charge < -0.3 is 9.80 Å². The van der Waals surface area contributed by atoms with Gasteiger partial charge in [0.05, 0.1) is 5.02 Å². The Morgan fingerprint density at radius 1 is 0.944 bits per heavy atom. The Labute approximate surface area is 214 Å². The molecule has 6 rings (SSSR count). The smallest absolute Gasteiger partial charge is 0.323 e. The van der Waals surface area contributed by atoms with Gasteiger partial charge in [-0.1, -0.05) is 17.7 Å². The summed E-state index contributed by atoms with van der Waals surface area (Å²) in [5.74, 6) is 0.887. The van der Waals surface area contributed by atoms with Crippen LogP contribution in [0.1, 0.15) is 61.4 Å². The predicted octanol–water partition coefficient (Wildman–Crippen LogP) is 6.18. The monoisotopic (exact) mass is 518 g/mol. The van der Waals surface area contributed by atoms with Gasteiger partial charge in [-0.25, -0.2) is 4.79 Å². The molecule has 0 unspecified atom stereocenters. The Hall–Kier alpha value is -2.35. The lowest BCUT2D eigenvalue weighted by atomic mass is 9.56. The Kier molecular flexibility index (Phi) is 5.74. The zero-order chi connectivity index (χ0) is 25.1. The van der Waals surface area contributed by atoms with Crippen molar-refractivity contribution in [2.24, 2.45) is 16.7 Å². The standard InChI is InChI=1S/C27H30ClF3N4O/c28-21-2-3-22(32-13-21)9-18-5-7-25(8-6-18)14-34(15-25)24(36)35-16-26(17-35)10-20(11-26)19-1-4-23(33-12-19)27(29,30)31/h1-4,12-13,18,20H,5-11,14-17H2. The molecule has 4 fully saturated rings. The summed E-state index contributed by atoms with van der Waals surface area (Å²) in [6.45, 7) is 3.24. The second kappa shape index (κ2) is 8.61. The van der Waals surface area contributed by atoms with Crippen molar-refractivity contribution in [3.05, 3.63) is 58.6 Å². The number of hydrogen-bond acceptors (Lipinski definition) is 3. The van der Waals surface area contributed by atoms with Gasteiger partial charge in [0.15, 0.2) is 0 Å². The molecule has 2 aromatic heterocycles. The number of urea groups is 1. The quantitative estimate of drug-likeness (QED) is 0.487. The molecule has 36 heavy (non-hydrogen) atoms. The molecule has 0 N–H and O–H groups in total. The molecule has 2 aliphatic carbocycles. The summed E-state index contributed by atoms with van der Waals surface area (Å²) in [5.41, 5.74) is 1.55. The van der Waals surface area contributed by atoms with Gasteiger partial charge in [0.2, 0.25) is 0 Å². The second-order valence-corrected chi connectivity index (χ2v) is 12.1. The number of carbonyl (C=O) groups is 1. The van der Waals surface area contributed by atoms with Gasteiger partial charge >= 0.3 is 12.2 Å². The normalized spacial score (nSPS) is 23.3. The summed E-state index contributed by atoms with van der Waals surface area (Å²) in [5, 5.41) is 0.669. The number of rotatable bonds is 3. The summed E-state index contributed by atoms with van der Waals surface area (Å²) in [6, 6.07) is 6.69. The van der Waals surface area contributed by atoms with E-state index in [0.717, 1.165) is 62.8 Å². The summed E-state index contributed by atoms with van der Waals surface area (Å²) in [7, 11) is 0. The molecule has 4 aliphatic rings. The van der Waals surface area contributed by atoms with Crippen LogP contribution in [0.4, 0.5) is 18.0 Å². The largest absolute Gasteiger partial charge is 0.433 e. The van der Waals surface area contributed by atoms with Crippen LogP contribution in [-0.2, 0) is 12.6 Å². The Balaban J connectivity index is 0.929. The Morgan fingerprint density at radius 2 is 1.61 bits per heavy atom. The minimum atomic E-state index is -4.40. The van der Waals surface area contributed by atoms with E-state index in [1.807, 2.05) is 21.9 Å². The van der Waals surface area contributed by atoms with E-state index >= 15 is 0 Å². The molecule has 0 aromatic carbocycles. The number of nitrogens with zero attached hydrogens (tertiary/aromatic N) is 4. The predicted molar refractivity (Wildman–Crippen MR) is 130 cm³/mol. The van der Waals surface area contributed by atoms with Crippen molar-refractivity contribution < 1.29 is 18.0 Å². The molecule has 2 saturated carbocycles. The average Bonchev–Trinajstić information content (AvgIpc) is 2.77. The molecule has 0 atom stereocenters. The summed E-state index contributed by atoms with van der Waals surface area (Å²) >= 11 is 5.94. The first-order valence-electron chi connectivity index (χ1n) is 12.8. The maximum absolute atomic E-state index is 13.0. The van der Waals surface area contributed by atoms with Crippen LogP contribution < -0.4 is 0 Å². The lowest BCUT2D eigenvalue weighted by molar-refractivity contribution is -0.141. The van der Waals surface area contributed by atoms with Gasteiger partial charge in [-0.2, -0.15) is 13.2 Å². The Morgan fingerprint density at radius 3 is 2.17 bits per heavy atom. The van der Waals surface area contributed by atoms with Crippen LogP contribution in [0.3, 0.4) is 0 Å². The highest BCUT2D eigenvalue weighted by Gasteiger charge is 2.56. The minimum Gasteiger partial charge on any atom is -0.323 e. The number of pyridine rings is 2. The summed E-state index contributed by atoms with van der Waals surface area (Å²) in [6.07, 6.45) is 6.19. The molecule has 192 valence electrons. The number of carbonyl (C=O) groups excluding carboxylic acids is 1. The van der Waals surface area contributed by atoms with Crippen LogP contribution in [0.5, 0.6) is 0 Å². The van der Waals surface area contributed by atoms with E-state index in [1.165, 1.54) is 31.9 Å². The molecule has 2 aromatic rings. The molecule has 2 saturated heterocycles. The maximum atomic E-state index is 13.0. The number of aromatic nitrogens is 2. The number of amides is 2. The molecule has 9 heteroatoms. The van der Waals surface area contributed by atoms with Crippen LogP contribution in [0, 0.1) is 16.7 Å². The van der Waals surface area contributed by atoms with Crippen molar-refractivity contribution in [1.82, 2.24) is 19.8 Å². The van der Waals surface area contributed by atoms with Crippen LogP contribution >= 0.6 is 11.6 Å². The second-order valence-electron chi connectivity index (χ2n) is 11.7. The fourth-order valence-electron chi connectivity index (χ4n) is 6.92. The zero-order valence-corrected chi connectivity index (χ0v) is 20.9. The zero-order valence-electron chi connectivity index (χ0n) is 20.1. The maximum Gasteiger partial charge on any atom is 0.433 e. The van der Waals surface area contributed by atoms with Crippen LogP contribution in [0.2, 0.25) is 5.02 Å². The van der Waals surface area contributed by atoms with Gasteiger partial charge in [-0.15, -0.1) is 0 Å². The van der Waals surface area contributed by atoms with Gasteiger partial charge in [0.1, 0.15) is 5.69 Å². The van der Waals surface area contributed by atoms with Crippen LogP contribution in [0.25, 0.3) is 0 Å². The van der Waals surface area contributed by atoms with Crippen LogP contribution in [0.15, 0.2) is 36.7 Å². The molecular formula is C27H30ClF3N4O. The molecule has 0 bridgehead atoms. The number of likely N-dealkylation sites (tertiary alicyclic amines) is 2. The number of hydrogen-bond donors (Lipinski definition) is 0. The third-order valence-corrected chi connectivity index (χ3v) is 9.23. The highest BCUT2D eigenvalue weighted by atomic mass is 35.5. The molecular weight excluding hydrogens is 489 g/mol. The van der Waals surface area contributed by atoms with E-state index in [4.69, 9.17) is 11.6 Å². The first-order valence-corrected chi connectivity index (χ1v) is 13.2. The van der Waals surface area contributed by atoms with E-state index < -0.39 is 11.9 Å². The summed E-state index contributed by atoms with van der Waals surface area (Å²) in [4.78, 5) is 25.0. The fourth-order valence-corrected chi connectivity index (χ4v) is 7.04. The van der Waals surface area contributed by atoms with Crippen molar-refractivity contribution in [3.63, 3.8) is 0 Å². The number of halogens is 4. The van der Waals surface area contributed by atoms with Crippen molar-refractivity contribution in [2.75, 3.05) is 26.2 Å². The fraction of sp³-hybridized carbons (Fsp3) is 0.593. The molecule has 2 amide bonds. The van der Waals surface area contributed by atoms with E-state index in [2.05, 4.69) is 9.97 Å². The first-order chi connectivity index (χ1) is 17.1. The number of alkyl halides is 3. The minimum absolute atomic E-state index is 0.138. The Bertz CT molecular complexity index is 1110. The van der Waals surface area contributed by atoms with Gasteiger partial charge in [0, 0.05) is 55.1 Å². The molecule has 2 aliphatic heterocycles. The third-order valence-electron chi connectivity index (χ3n) is 9.01. The topological polar surface area (TPSA) is 49.3 Å². The van der Waals surface area contributed by atoms with Gasteiger partial charge in [-0.05, 0) is 80.5 Å². The van der Waals surface area contributed by atoms with Gasteiger partial charge in [0.25, 0.3) is 0 Å². The lowest BCUT2D eigenvalue weighted by Crippen LogP contribution is -2.69. The highest BCUT2D eigenvalue weighted by molar-refractivity contribution is 6.30. The van der Waals surface area contributed by atoms with Gasteiger partial charge in [-0.3, -0.25) is 9.97 Å². The molecule has 0 radical (unpaired) electrons. The highest BCUT2D eigenvalue weighted by Crippen LogP contribution is 2.56. The average molecular weight is 519 g/mol. The van der Waals surface area contributed by atoms with Crippen molar-refractivity contribution in [2.45, 2.75) is 57.0 Å². The van der Waals surface area contributed by atoms with E-state index in [-0.39, 0.29) is 17.4 Å². The molecule has 2 spiro atoms. The lowest BCUT2D eigenvalue weighted by Gasteiger charge is -2.61. The van der Waals surface area contributed by atoms with E-state index in [1.54, 1.807) is 12.3 Å². The van der Waals surface area contributed by atoms with E-state index in [0.29, 0.717) is 16.4 Å². The SMILES string of the molecule is O=C(N1CC2(CCC(Cc3ccc(Cl)cn3)CC2)C1)N1CC2(CC(c3ccc(C(F)(F)F)nc3)C2)C1. The van der Waals surface area contributed by atoms with Crippen molar-refractivity contribution >= 4 is 17.6 Å². The van der Waals surface area contributed by atoms with Crippen LogP contribution in [-0.4, -0.2) is 52.0 Å². The molecule has 5 nitrogen and oxygen atoms in total. The molecule has 4 heterocycles.